The molecular formula is C10H14ClN. The summed E-state index contributed by atoms with van der Waals surface area (Å²) in [4.78, 5) is 4.21. The summed E-state index contributed by atoms with van der Waals surface area (Å²) in [5.74, 6) is 0.630. The first-order valence-corrected chi connectivity index (χ1v) is 4.59. The van der Waals surface area contributed by atoms with Crippen LogP contribution in [0, 0.1) is 12.8 Å². The van der Waals surface area contributed by atoms with E-state index in [1.54, 1.807) is 6.20 Å². The van der Waals surface area contributed by atoms with Gasteiger partial charge in [0, 0.05) is 16.9 Å². The summed E-state index contributed by atoms with van der Waals surface area (Å²) in [6.07, 6.45) is 2.76. The molecule has 0 aliphatic heterocycles. The van der Waals surface area contributed by atoms with Gasteiger partial charge in [0.25, 0.3) is 0 Å². The summed E-state index contributed by atoms with van der Waals surface area (Å²) in [5.41, 5.74) is 2.24. The van der Waals surface area contributed by atoms with Gasteiger partial charge in [-0.2, -0.15) is 0 Å². The number of hydrogen-bond donors (Lipinski definition) is 0. The largest absolute Gasteiger partial charge is 0.261 e. The number of aromatic nitrogens is 1. The number of rotatable bonds is 2. The number of nitrogens with zero attached hydrogens (tertiary/aromatic N) is 1. The molecular weight excluding hydrogens is 170 g/mol. The highest BCUT2D eigenvalue weighted by atomic mass is 35.5. The van der Waals surface area contributed by atoms with Gasteiger partial charge in [-0.05, 0) is 30.9 Å². The lowest BCUT2D eigenvalue weighted by molar-refractivity contribution is 0.642. The SMILES string of the molecule is Cc1nccc(Cl)c1CC(C)C. The fourth-order valence-electron chi connectivity index (χ4n) is 1.22. The molecule has 1 aromatic heterocycles. The Kier molecular flexibility index (Phi) is 3.10. The van der Waals surface area contributed by atoms with E-state index in [4.69, 9.17) is 11.6 Å². The van der Waals surface area contributed by atoms with Gasteiger partial charge < -0.3 is 0 Å². The van der Waals surface area contributed by atoms with Crippen molar-refractivity contribution in [2.24, 2.45) is 5.92 Å². The Morgan fingerprint density at radius 3 is 2.67 bits per heavy atom. The zero-order chi connectivity index (χ0) is 9.14. The third-order valence-electron chi connectivity index (χ3n) is 1.83. The van der Waals surface area contributed by atoms with E-state index >= 15 is 0 Å². The summed E-state index contributed by atoms with van der Waals surface area (Å²) in [6.45, 7) is 6.37. The zero-order valence-electron chi connectivity index (χ0n) is 7.76. The molecule has 0 bridgehead atoms. The van der Waals surface area contributed by atoms with Crippen molar-refractivity contribution >= 4 is 11.6 Å². The normalized spacial score (nSPS) is 10.8. The van der Waals surface area contributed by atoms with Crippen molar-refractivity contribution < 1.29 is 0 Å². The molecule has 0 saturated heterocycles. The highest BCUT2D eigenvalue weighted by Crippen LogP contribution is 2.20. The van der Waals surface area contributed by atoms with Crippen molar-refractivity contribution in [3.05, 3.63) is 28.5 Å². The van der Waals surface area contributed by atoms with Crippen molar-refractivity contribution in [2.45, 2.75) is 27.2 Å². The first-order chi connectivity index (χ1) is 5.61. The molecule has 12 heavy (non-hydrogen) atoms. The number of pyridine rings is 1. The predicted molar refractivity (Wildman–Crippen MR) is 52.5 cm³/mol. The maximum atomic E-state index is 6.03. The van der Waals surface area contributed by atoms with Gasteiger partial charge in [0.1, 0.15) is 0 Å². The lowest BCUT2D eigenvalue weighted by Crippen LogP contribution is -1.99. The minimum atomic E-state index is 0.630. The van der Waals surface area contributed by atoms with Crippen LogP contribution in [0.3, 0.4) is 0 Å². The van der Waals surface area contributed by atoms with Gasteiger partial charge in [-0.15, -0.1) is 0 Å². The van der Waals surface area contributed by atoms with Crippen LogP contribution in [0.4, 0.5) is 0 Å². The van der Waals surface area contributed by atoms with E-state index in [2.05, 4.69) is 18.8 Å². The molecule has 0 N–H and O–H groups in total. The van der Waals surface area contributed by atoms with Crippen LogP contribution in [0.15, 0.2) is 12.3 Å². The molecule has 0 aromatic carbocycles. The summed E-state index contributed by atoms with van der Waals surface area (Å²) in [6, 6.07) is 1.85. The standard InChI is InChI=1S/C10H14ClN/c1-7(2)6-9-8(3)12-5-4-10(9)11/h4-5,7H,6H2,1-3H3. The molecule has 0 saturated carbocycles. The third kappa shape index (κ3) is 2.21. The Morgan fingerprint density at radius 1 is 1.50 bits per heavy atom. The molecule has 0 atom stereocenters. The minimum absolute atomic E-state index is 0.630. The Labute approximate surface area is 78.8 Å². The zero-order valence-corrected chi connectivity index (χ0v) is 8.52. The Bertz CT molecular complexity index is 248. The van der Waals surface area contributed by atoms with Crippen LogP contribution in [0.5, 0.6) is 0 Å². The van der Waals surface area contributed by atoms with E-state index in [0.717, 1.165) is 17.1 Å². The molecule has 66 valence electrons. The topological polar surface area (TPSA) is 12.9 Å². The predicted octanol–water partition coefficient (Wildman–Crippen LogP) is 3.24. The molecule has 0 aliphatic carbocycles. The third-order valence-corrected chi connectivity index (χ3v) is 2.18. The van der Waals surface area contributed by atoms with E-state index < -0.39 is 0 Å². The smallest absolute Gasteiger partial charge is 0.0471 e. The van der Waals surface area contributed by atoms with Crippen LogP contribution in [-0.2, 0) is 6.42 Å². The Morgan fingerprint density at radius 2 is 2.17 bits per heavy atom. The molecule has 0 unspecified atom stereocenters. The second-order valence-electron chi connectivity index (χ2n) is 3.45. The molecule has 0 radical (unpaired) electrons. The quantitative estimate of drug-likeness (QED) is 0.686. The fourth-order valence-corrected chi connectivity index (χ4v) is 1.49. The van der Waals surface area contributed by atoms with Gasteiger partial charge in [-0.1, -0.05) is 25.4 Å². The average Bonchev–Trinajstić information content (AvgIpc) is 1.97. The minimum Gasteiger partial charge on any atom is -0.261 e. The van der Waals surface area contributed by atoms with E-state index in [9.17, 15) is 0 Å². The van der Waals surface area contributed by atoms with Gasteiger partial charge >= 0.3 is 0 Å². The van der Waals surface area contributed by atoms with Crippen molar-refractivity contribution in [3.8, 4) is 0 Å². The maximum absolute atomic E-state index is 6.03. The van der Waals surface area contributed by atoms with Crippen molar-refractivity contribution in [1.29, 1.82) is 0 Å². The van der Waals surface area contributed by atoms with E-state index in [1.807, 2.05) is 13.0 Å². The van der Waals surface area contributed by atoms with Crippen molar-refractivity contribution in [3.63, 3.8) is 0 Å². The second-order valence-corrected chi connectivity index (χ2v) is 3.86. The molecule has 1 heterocycles. The molecule has 2 heteroatoms. The van der Waals surface area contributed by atoms with Crippen LogP contribution >= 0.6 is 11.6 Å². The lowest BCUT2D eigenvalue weighted by Gasteiger charge is -2.08. The van der Waals surface area contributed by atoms with Gasteiger partial charge in [-0.25, -0.2) is 0 Å². The highest BCUT2D eigenvalue weighted by Gasteiger charge is 2.06. The van der Waals surface area contributed by atoms with Gasteiger partial charge in [0.2, 0.25) is 0 Å². The Hall–Kier alpha value is -0.560. The van der Waals surface area contributed by atoms with Crippen LogP contribution in [0.1, 0.15) is 25.1 Å². The monoisotopic (exact) mass is 183 g/mol. The summed E-state index contributed by atoms with van der Waals surface area (Å²) in [5, 5.41) is 0.844. The van der Waals surface area contributed by atoms with Crippen molar-refractivity contribution in [2.75, 3.05) is 0 Å². The Balaban J connectivity index is 2.96. The van der Waals surface area contributed by atoms with E-state index in [-0.39, 0.29) is 0 Å². The van der Waals surface area contributed by atoms with Gasteiger partial charge in [0.15, 0.2) is 0 Å². The van der Waals surface area contributed by atoms with Crippen LogP contribution in [0.25, 0.3) is 0 Å². The molecule has 0 fully saturated rings. The number of hydrogen-bond acceptors (Lipinski definition) is 1. The van der Waals surface area contributed by atoms with Crippen LogP contribution in [0.2, 0.25) is 5.02 Å². The summed E-state index contributed by atoms with van der Waals surface area (Å²) in [7, 11) is 0. The maximum Gasteiger partial charge on any atom is 0.0471 e. The molecule has 1 rings (SSSR count). The first kappa shape index (κ1) is 9.53. The van der Waals surface area contributed by atoms with Gasteiger partial charge in [-0.3, -0.25) is 4.98 Å². The molecule has 0 spiro atoms. The molecule has 0 aliphatic rings. The van der Waals surface area contributed by atoms with Crippen LogP contribution in [-0.4, -0.2) is 4.98 Å². The second kappa shape index (κ2) is 3.90. The van der Waals surface area contributed by atoms with E-state index in [0.29, 0.717) is 5.92 Å². The van der Waals surface area contributed by atoms with Crippen molar-refractivity contribution in [1.82, 2.24) is 4.98 Å². The average molecular weight is 184 g/mol. The molecule has 1 aromatic rings. The van der Waals surface area contributed by atoms with Gasteiger partial charge in [0.05, 0.1) is 0 Å². The molecule has 0 amide bonds. The highest BCUT2D eigenvalue weighted by molar-refractivity contribution is 6.31. The number of aryl methyl sites for hydroxylation is 1. The summed E-state index contributed by atoms with van der Waals surface area (Å²) >= 11 is 6.03. The summed E-state index contributed by atoms with van der Waals surface area (Å²) < 4.78 is 0. The number of halogens is 1. The van der Waals surface area contributed by atoms with Crippen LogP contribution < -0.4 is 0 Å². The lowest BCUT2D eigenvalue weighted by atomic mass is 10.0. The van der Waals surface area contributed by atoms with E-state index in [1.165, 1.54) is 5.56 Å². The first-order valence-electron chi connectivity index (χ1n) is 4.21. The fraction of sp³-hybridized carbons (Fsp3) is 0.500. The molecule has 1 nitrogen and oxygen atoms in total.